The predicted molar refractivity (Wildman–Crippen MR) is 112 cm³/mol. The van der Waals surface area contributed by atoms with Crippen molar-refractivity contribution in [2.45, 2.75) is 33.0 Å². The molecular formula is C20H24F3N5S. The molecule has 1 aliphatic rings. The highest BCUT2D eigenvalue weighted by Crippen LogP contribution is 2.32. The van der Waals surface area contributed by atoms with Crippen LogP contribution in [0.2, 0.25) is 0 Å². The fourth-order valence-electron chi connectivity index (χ4n) is 3.57. The lowest BCUT2D eigenvalue weighted by molar-refractivity contribution is -0.141. The van der Waals surface area contributed by atoms with Gasteiger partial charge in [-0.2, -0.15) is 18.2 Å². The molecule has 1 aliphatic heterocycles. The Morgan fingerprint density at radius 1 is 1.14 bits per heavy atom. The molecule has 1 aromatic heterocycles. The van der Waals surface area contributed by atoms with Crippen LogP contribution in [0.15, 0.2) is 36.4 Å². The number of benzene rings is 1. The highest BCUT2D eigenvalue weighted by Gasteiger charge is 2.35. The van der Waals surface area contributed by atoms with Gasteiger partial charge in [0, 0.05) is 25.7 Å². The molecule has 3 rings (SSSR count). The third-order valence-corrected chi connectivity index (χ3v) is 4.96. The van der Waals surface area contributed by atoms with Crippen molar-refractivity contribution in [3.05, 3.63) is 47.7 Å². The Labute approximate surface area is 173 Å². The summed E-state index contributed by atoms with van der Waals surface area (Å²) in [5, 5.41) is 5.83. The van der Waals surface area contributed by atoms with E-state index in [0.29, 0.717) is 31.5 Å². The highest BCUT2D eigenvalue weighted by molar-refractivity contribution is 7.80. The van der Waals surface area contributed by atoms with E-state index in [0.717, 1.165) is 18.1 Å². The summed E-state index contributed by atoms with van der Waals surface area (Å²) < 4.78 is 40.2. The molecule has 0 amide bonds. The van der Waals surface area contributed by atoms with Gasteiger partial charge in [-0.05, 0) is 36.0 Å². The largest absolute Gasteiger partial charge is 0.433 e. The lowest BCUT2D eigenvalue weighted by Gasteiger charge is -2.36. The quantitative estimate of drug-likeness (QED) is 0.708. The number of halogens is 3. The number of nitrogens with zero attached hydrogens (tertiary/aromatic N) is 3. The maximum absolute atomic E-state index is 13.4. The summed E-state index contributed by atoms with van der Waals surface area (Å²) >= 11 is 5.21. The third-order valence-electron chi connectivity index (χ3n) is 4.72. The van der Waals surface area contributed by atoms with E-state index in [1.54, 1.807) is 0 Å². The van der Waals surface area contributed by atoms with Crippen LogP contribution >= 0.6 is 12.2 Å². The fourth-order valence-corrected chi connectivity index (χ4v) is 3.73. The van der Waals surface area contributed by atoms with Crippen molar-refractivity contribution in [2.75, 3.05) is 23.3 Å². The van der Waals surface area contributed by atoms with Gasteiger partial charge in [-0.3, -0.25) is 0 Å². The van der Waals surface area contributed by atoms with E-state index in [4.69, 9.17) is 12.2 Å². The van der Waals surface area contributed by atoms with Crippen molar-refractivity contribution in [1.29, 1.82) is 0 Å². The minimum Gasteiger partial charge on any atom is -0.358 e. The molecule has 0 saturated carbocycles. The molecule has 0 bridgehead atoms. The van der Waals surface area contributed by atoms with Gasteiger partial charge in [-0.1, -0.05) is 44.2 Å². The number of hydrogen-bond donors (Lipinski definition) is 2. The zero-order valence-corrected chi connectivity index (χ0v) is 17.1. The van der Waals surface area contributed by atoms with Crippen molar-refractivity contribution >= 4 is 29.1 Å². The van der Waals surface area contributed by atoms with E-state index in [9.17, 15) is 13.2 Å². The van der Waals surface area contributed by atoms with Crippen molar-refractivity contribution in [2.24, 2.45) is 11.8 Å². The van der Waals surface area contributed by atoms with Crippen LogP contribution in [-0.2, 0) is 12.7 Å². The van der Waals surface area contributed by atoms with Crippen LogP contribution < -0.4 is 15.5 Å². The molecule has 5 nitrogen and oxygen atoms in total. The van der Waals surface area contributed by atoms with Gasteiger partial charge in [-0.25, -0.2) is 4.98 Å². The SMILES string of the molecule is C[C@@H]1C[C@H](C)CN(c2cc(C(F)(F)F)nc(NC(=S)NCc3ccccc3)n2)C1. The molecule has 2 heterocycles. The zero-order chi connectivity index (χ0) is 21.0. The molecule has 9 heteroatoms. The molecule has 1 aromatic carbocycles. The van der Waals surface area contributed by atoms with E-state index in [1.807, 2.05) is 35.2 Å². The van der Waals surface area contributed by atoms with E-state index < -0.39 is 11.9 Å². The summed E-state index contributed by atoms with van der Waals surface area (Å²) in [6.45, 7) is 5.95. The number of aromatic nitrogens is 2. The van der Waals surface area contributed by atoms with Crippen LogP contribution in [0, 0.1) is 11.8 Å². The van der Waals surface area contributed by atoms with Crippen molar-refractivity contribution in [3.8, 4) is 0 Å². The highest BCUT2D eigenvalue weighted by atomic mass is 32.1. The summed E-state index contributed by atoms with van der Waals surface area (Å²) in [6, 6.07) is 10.6. The first kappa shape index (κ1) is 21.3. The normalized spacial score (nSPS) is 19.7. The second-order valence-corrected chi connectivity index (χ2v) is 7.99. The molecular weight excluding hydrogens is 399 g/mol. The standard InChI is InChI=1S/C20H24F3N5S/c1-13-8-14(2)12-28(11-13)17-9-16(20(21,22)23)25-18(26-17)27-19(29)24-10-15-6-4-3-5-7-15/h3-7,9,13-14H,8,10-12H2,1-2H3,(H2,24,25,26,27,29)/t13-,14+. The third kappa shape index (κ3) is 6.03. The van der Waals surface area contributed by atoms with Gasteiger partial charge in [0.25, 0.3) is 0 Å². The predicted octanol–water partition coefficient (Wildman–Crippen LogP) is 4.46. The van der Waals surface area contributed by atoms with Crippen molar-refractivity contribution in [1.82, 2.24) is 15.3 Å². The molecule has 29 heavy (non-hydrogen) atoms. The topological polar surface area (TPSA) is 53.1 Å². The number of thiocarbonyl (C=S) groups is 1. The molecule has 156 valence electrons. The average molecular weight is 424 g/mol. The number of alkyl halides is 3. The first-order valence-corrected chi connectivity index (χ1v) is 9.91. The number of piperidine rings is 1. The summed E-state index contributed by atoms with van der Waals surface area (Å²) in [5.74, 6) is 0.867. The van der Waals surface area contributed by atoms with Gasteiger partial charge in [0.2, 0.25) is 5.95 Å². The molecule has 0 radical (unpaired) electrons. The fraction of sp³-hybridized carbons (Fsp3) is 0.450. The first-order valence-electron chi connectivity index (χ1n) is 9.50. The Bertz CT molecular complexity index is 834. The zero-order valence-electron chi connectivity index (χ0n) is 16.3. The lowest BCUT2D eigenvalue weighted by atomic mass is 9.92. The second kappa shape index (κ2) is 8.94. The Kier molecular flexibility index (Phi) is 6.56. The summed E-state index contributed by atoms with van der Waals surface area (Å²) in [5.41, 5.74) is 0.0142. The second-order valence-electron chi connectivity index (χ2n) is 7.58. The summed E-state index contributed by atoms with van der Waals surface area (Å²) in [4.78, 5) is 9.83. The minimum absolute atomic E-state index is 0.161. The average Bonchev–Trinajstić information content (AvgIpc) is 2.65. The smallest absolute Gasteiger partial charge is 0.358 e. The van der Waals surface area contributed by atoms with Crippen LogP contribution in [0.5, 0.6) is 0 Å². The number of hydrogen-bond acceptors (Lipinski definition) is 4. The molecule has 1 fully saturated rings. The first-order chi connectivity index (χ1) is 13.7. The van der Waals surface area contributed by atoms with Crippen LogP contribution in [-0.4, -0.2) is 28.2 Å². The molecule has 1 saturated heterocycles. The number of nitrogens with one attached hydrogen (secondary N) is 2. The van der Waals surface area contributed by atoms with Crippen LogP contribution in [0.25, 0.3) is 0 Å². The van der Waals surface area contributed by atoms with Gasteiger partial charge in [-0.15, -0.1) is 0 Å². The van der Waals surface area contributed by atoms with E-state index in [1.165, 1.54) is 0 Å². The molecule has 0 unspecified atom stereocenters. The Morgan fingerprint density at radius 3 is 2.41 bits per heavy atom. The van der Waals surface area contributed by atoms with Gasteiger partial charge in [0.05, 0.1) is 0 Å². The monoisotopic (exact) mass is 423 g/mol. The number of rotatable bonds is 4. The van der Waals surface area contributed by atoms with E-state index in [2.05, 4.69) is 34.4 Å². The van der Waals surface area contributed by atoms with Crippen LogP contribution in [0.3, 0.4) is 0 Å². The Balaban J connectivity index is 1.77. The van der Waals surface area contributed by atoms with Crippen molar-refractivity contribution in [3.63, 3.8) is 0 Å². The molecule has 2 aromatic rings. The van der Waals surface area contributed by atoms with Gasteiger partial charge < -0.3 is 15.5 Å². The van der Waals surface area contributed by atoms with Gasteiger partial charge in [0.1, 0.15) is 5.82 Å². The molecule has 0 aliphatic carbocycles. The van der Waals surface area contributed by atoms with Crippen LogP contribution in [0.1, 0.15) is 31.5 Å². The Morgan fingerprint density at radius 2 is 1.79 bits per heavy atom. The van der Waals surface area contributed by atoms with Gasteiger partial charge in [0.15, 0.2) is 10.8 Å². The van der Waals surface area contributed by atoms with Crippen LogP contribution in [0.4, 0.5) is 24.9 Å². The maximum atomic E-state index is 13.4. The van der Waals surface area contributed by atoms with Crippen molar-refractivity contribution < 1.29 is 13.2 Å². The van der Waals surface area contributed by atoms with Gasteiger partial charge >= 0.3 is 6.18 Å². The maximum Gasteiger partial charge on any atom is 0.433 e. The van der Waals surface area contributed by atoms with E-state index in [-0.39, 0.29) is 16.9 Å². The lowest BCUT2D eigenvalue weighted by Crippen LogP contribution is -2.39. The van der Waals surface area contributed by atoms with E-state index >= 15 is 0 Å². The summed E-state index contributed by atoms with van der Waals surface area (Å²) in [6.07, 6.45) is -3.52. The number of anilines is 2. The Hall–Kier alpha value is -2.42. The molecule has 0 spiro atoms. The molecule has 2 N–H and O–H groups in total. The minimum atomic E-state index is -4.57. The molecule has 2 atom stereocenters. The summed E-state index contributed by atoms with van der Waals surface area (Å²) in [7, 11) is 0.